The molecule has 9 nitrogen and oxygen atoms in total. The Morgan fingerprint density at radius 2 is 1.76 bits per heavy atom. The fourth-order valence-corrected chi connectivity index (χ4v) is 5.65. The summed E-state index contributed by atoms with van der Waals surface area (Å²) >= 11 is 0. The van der Waals surface area contributed by atoms with Gasteiger partial charge in [0, 0.05) is 53.0 Å². The molecule has 1 fully saturated rings. The molecule has 2 aromatic rings. The van der Waals surface area contributed by atoms with Crippen LogP contribution in [0.1, 0.15) is 43.7 Å². The van der Waals surface area contributed by atoms with Gasteiger partial charge in [0.25, 0.3) is 0 Å². The molecule has 0 unspecified atom stereocenters. The van der Waals surface area contributed by atoms with Crippen molar-refractivity contribution in [2.75, 3.05) is 78.3 Å². The fourth-order valence-electron chi connectivity index (χ4n) is 5.65. The molecule has 0 aliphatic carbocycles. The zero-order valence-corrected chi connectivity index (χ0v) is 25.8. The lowest BCUT2D eigenvalue weighted by molar-refractivity contribution is -0.0752. The van der Waals surface area contributed by atoms with Crippen LogP contribution >= 0.6 is 0 Å². The van der Waals surface area contributed by atoms with E-state index in [4.69, 9.17) is 28.4 Å². The molecule has 42 heavy (non-hydrogen) atoms. The van der Waals surface area contributed by atoms with E-state index in [1.807, 2.05) is 12.1 Å². The smallest absolute Gasteiger partial charge is 0.142 e. The van der Waals surface area contributed by atoms with E-state index < -0.39 is 6.10 Å². The Morgan fingerprint density at radius 3 is 2.50 bits per heavy atom. The second kappa shape index (κ2) is 17.0. The Kier molecular flexibility index (Phi) is 13.2. The molecule has 0 bridgehead atoms. The SMILES string of the molecule is COCCCN1CCOc2ccc(CO[C@H]3CNC[C@@H](OC[C@H](C)O)[C@@H]3c3ccc(OCC[C@H](C)COC)cc3)cc21. The van der Waals surface area contributed by atoms with Gasteiger partial charge in [0.15, 0.2) is 0 Å². The van der Waals surface area contributed by atoms with Crippen LogP contribution in [-0.4, -0.2) is 96.9 Å². The van der Waals surface area contributed by atoms with Crippen molar-refractivity contribution in [2.45, 2.75) is 57.5 Å². The molecule has 234 valence electrons. The van der Waals surface area contributed by atoms with E-state index in [0.717, 1.165) is 67.5 Å². The van der Waals surface area contributed by atoms with Crippen LogP contribution in [0.3, 0.4) is 0 Å². The number of fused-ring (bicyclic) bond motifs is 1. The molecule has 2 N–H and O–H groups in total. The standard InChI is InChI=1S/C33H50N2O7/c1-24(21-38-4)12-16-39-28-9-7-27(8-10-28)33-31(41-22-25(2)36)19-34-20-32(33)42-23-26-6-11-30-29(18-26)35(14-17-40-30)13-5-15-37-3/h6-11,18,24-25,31-34,36H,5,12-17,19-23H2,1-4H3/t24-,25-,31+,32-,33-/m0/s1. The molecule has 2 aliphatic rings. The molecule has 0 aromatic heterocycles. The Bertz CT molecular complexity index is 1050. The summed E-state index contributed by atoms with van der Waals surface area (Å²) in [4.78, 5) is 2.37. The van der Waals surface area contributed by atoms with Gasteiger partial charge >= 0.3 is 0 Å². The van der Waals surface area contributed by atoms with E-state index in [1.54, 1.807) is 21.1 Å². The molecule has 5 atom stereocenters. The summed E-state index contributed by atoms with van der Waals surface area (Å²) in [5, 5.41) is 13.4. The van der Waals surface area contributed by atoms with Crippen LogP contribution in [0.4, 0.5) is 5.69 Å². The van der Waals surface area contributed by atoms with Crippen LogP contribution in [-0.2, 0) is 25.6 Å². The van der Waals surface area contributed by atoms with Crippen LogP contribution in [0, 0.1) is 5.92 Å². The van der Waals surface area contributed by atoms with Gasteiger partial charge in [-0.1, -0.05) is 25.1 Å². The van der Waals surface area contributed by atoms with Crippen molar-refractivity contribution < 1.29 is 33.5 Å². The number of anilines is 1. The lowest BCUT2D eigenvalue weighted by Gasteiger charge is -2.39. The van der Waals surface area contributed by atoms with E-state index in [-0.39, 0.29) is 24.7 Å². The number of aliphatic hydroxyl groups excluding tert-OH is 1. The number of nitrogens with one attached hydrogen (secondary N) is 1. The first kappa shape index (κ1) is 32.5. The predicted molar refractivity (Wildman–Crippen MR) is 164 cm³/mol. The summed E-state index contributed by atoms with van der Waals surface area (Å²) in [6.07, 6.45) is 1.14. The van der Waals surface area contributed by atoms with Gasteiger partial charge in [-0.2, -0.15) is 0 Å². The summed E-state index contributed by atoms with van der Waals surface area (Å²) < 4.78 is 35.2. The molecule has 1 saturated heterocycles. The van der Waals surface area contributed by atoms with E-state index in [2.05, 4.69) is 47.5 Å². The van der Waals surface area contributed by atoms with Gasteiger partial charge in [-0.25, -0.2) is 0 Å². The van der Waals surface area contributed by atoms with Gasteiger partial charge in [-0.3, -0.25) is 0 Å². The maximum atomic E-state index is 9.91. The summed E-state index contributed by atoms with van der Waals surface area (Å²) in [7, 11) is 3.47. The van der Waals surface area contributed by atoms with Crippen molar-refractivity contribution in [3.8, 4) is 11.5 Å². The quantitative estimate of drug-likeness (QED) is 0.267. The van der Waals surface area contributed by atoms with Crippen LogP contribution in [0.15, 0.2) is 42.5 Å². The number of aliphatic hydroxyl groups is 1. The topological polar surface area (TPSA) is 90.9 Å². The second-order valence-electron chi connectivity index (χ2n) is 11.5. The number of nitrogens with zero attached hydrogens (tertiary/aromatic N) is 1. The van der Waals surface area contributed by atoms with Crippen molar-refractivity contribution in [2.24, 2.45) is 5.92 Å². The van der Waals surface area contributed by atoms with E-state index in [0.29, 0.717) is 38.8 Å². The molecular formula is C33H50N2O7. The molecule has 2 heterocycles. The maximum absolute atomic E-state index is 9.91. The monoisotopic (exact) mass is 586 g/mol. The fraction of sp³-hybridized carbons (Fsp3) is 0.636. The minimum Gasteiger partial charge on any atom is -0.494 e. The van der Waals surface area contributed by atoms with Crippen LogP contribution < -0.4 is 19.7 Å². The molecule has 0 amide bonds. The zero-order chi connectivity index (χ0) is 29.7. The molecule has 9 heteroatoms. The summed E-state index contributed by atoms with van der Waals surface area (Å²) in [5.41, 5.74) is 3.36. The number of piperidine rings is 1. The van der Waals surface area contributed by atoms with Gasteiger partial charge in [-0.15, -0.1) is 0 Å². The van der Waals surface area contributed by atoms with Crippen LogP contribution in [0.5, 0.6) is 11.5 Å². The third-order valence-electron chi connectivity index (χ3n) is 7.86. The average molecular weight is 587 g/mol. The first-order chi connectivity index (χ1) is 20.5. The van der Waals surface area contributed by atoms with Gasteiger partial charge in [0.1, 0.15) is 18.1 Å². The summed E-state index contributed by atoms with van der Waals surface area (Å²) in [6.45, 7) is 10.7. The van der Waals surface area contributed by atoms with Crippen LogP contribution in [0.2, 0.25) is 0 Å². The Morgan fingerprint density at radius 1 is 0.976 bits per heavy atom. The Hall–Kier alpha value is -2.40. The highest BCUT2D eigenvalue weighted by Gasteiger charge is 2.36. The molecular weight excluding hydrogens is 536 g/mol. The third-order valence-corrected chi connectivity index (χ3v) is 7.86. The van der Waals surface area contributed by atoms with Crippen molar-refractivity contribution in [1.82, 2.24) is 5.32 Å². The summed E-state index contributed by atoms with van der Waals surface area (Å²) in [6, 6.07) is 14.6. The highest BCUT2D eigenvalue weighted by molar-refractivity contribution is 5.61. The van der Waals surface area contributed by atoms with Gasteiger partial charge in [-0.05, 0) is 61.1 Å². The Labute approximate surface area is 251 Å². The Balaban J connectivity index is 1.44. The first-order valence-corrected chi connectivity index (χ1v) is 15.3. The lowest BCUT2D eigenvalue weighted by atomic mass is 9.85. The largest absolute Gasteiger partial charge is 0.494 e. The number of rotatable bonds is 17. The molecule has 0 saturated carbocycles. The number of hydrogen-bond donors (Lipinski definition) is 2. The van der Waals surface area contributed by atoms with E-state index >= 15 is 0 Å². The third kappa shape index (κ3) is 9.56. The second-order valence-corrected chi connectivity index (χ2v) is 11.5. The van der Waals surface area contributed by atoms with Crippen molar-refractivity contribution in [3.05, 3.63) is 53.6 Å². The number of methoxy groups -OCH3 is 2. The average Bonchev–Trinajstić information content (AvgIpc) is 2.99. The minimum absolute atomic E-state index is 0.00674. The molecule has 4 rings (SSSR count). The number of benzene rings is 2. The minimum atomic E-state index is -0.534. The normalized spacial score (nSPS) is 21.8. The first-order valence-electron chi connectivity index (χ1n) is 15.3. The highest BCUT2D eigenvalue weighted by Crippen LogP contribution is 2.35. The molecule has 0 radical (unpaired) electrons. The van der Waals surface area contributed by atoms with E-state index in [1.165, 1.54) is 0 Å². The lowest BCUT2D eigenvalue weighted by Crippen LogP contribution is -2.51. The molecule has 0 spiro atoms. The molecule has 2 aliphatic heterocycles. The van der Waals surface area contributed by atoms with E-state index in [9.17, 15) is 5.11 Å². The van der Waals surface area contributed by atoms with Gasteiger partial charge < -0.3 is 43.7 Å². The predicted octanol–water partition coefficient (Wildman–Crippen LogP) is 4.01. The van der Waals surface area contributed by atoms with Crippen molar-refractivity contribution >= 4 is 5.69 Å². The maximum Gasteiger partial charge on any atom is 0.142 e. The van der Waals surface area contributed by atoms with Gasteiger partial charge in [0.2, 0.25) is 0 Å². The van der Waals surface area contributed by atoms with Gasteiger partial charge in [0.05, 0.1) is 50.4 Å². The van der Waals surface area contributed by atoms with Crippen molar-refractivity contribution in [3.63, 3.8) is 0 Å². The van der Waals surface area contributed by atoms with Crippen molar-refractivity contribution in [1.29, 1.82) is 0 Å². The zero-order valence-electron chi connectivity index (χ0n) is 25.8. The number of ether oxygens (including phenoxy) is 6. The number of hydrogen-bond acceptors (Lipinski definition) is 9. The highest BCUT2D eigenvalue weighted by atomic mass is 16.5. The molecule has 2 aromatic carbocycles. The summed E-state index contributed by atoms with van der Waals surface area (Å²) in [5.74, 6) is 2.23. The van der Waals surface area contributed by atoms with Crippen LogP contribution in [0.25, 0.3) is 0 Å².